The number of aliphatic hydroxyl groups excluding tert-OH is 1. The van der Waals surface area contributed by atoms with Crippen LogP contribution in [0.2, 0.25) is 6.32 Å². The van der Waals surface area contributed by atoms with E-state index < -0.39 is 13.0 Å². The monoisotopic (exact) mass is 523 g/mol. The zero-order valence-electron chi connectivity index (χ0n) is 21.4. The summed E-state index contributed by atoms with van der Waals surface area (Å²) in [5.74, 6) is 0.0685. The van der Waals surface area contributed by atoms with Gasteiger partial charge in [0.2, 0.25) is 11.8 Å². The van der Waals surface area contributed by atoms with Crippen molar-refractivity contribution < 1.29 is 28.8 Å². The van der Waals surface area contributed by atoms with Crippen molar-refractivity contribution >= 4 is 36.3 Å². The van der Waals surface area contributed by atoms with Crippen LogP contribution in [-0.2, 0) is 27.4 Å². The average Bonchev–Trinajstić information content (AvgIpc) is 3.61. The molecule has 2 amide bonds. The van der Waals surface area contributed by atoms with Gasteiger partial charge in [-0.15, -0.1) is 11.3 Å². The minimum atomic E-state index is -0.962. The first-order valence-electron chi connectivity index (χ1n) is 13.2. The molecule has 5 rings (SSSR count). The predicted molar refractivity (Wildman–Crippen MR) is 142 cm³/mol. The van der Waals surface area contributed by atoms with Crippen LogP contribution in [0.3, 0.4) is 0 Å². The zero-order chi connectivity index (χ0) is 26.1. The number of carbonyl (C=O) groups excluding carboxylic acids is 2. The van der Waals surface area contributed by atoms with Gasteiger partial charge in [0.1, 0.15) is 18.1 Å². The van der Waals surface area contributed by atoms with Crippen molar-refractivity contribution in [1.29, 1.82) is 0 Å². The van der Waals surface area contributed by atoms with Gasteiger partial charge in [0.05, 0.1) is 24.5 Å². The molecule has 1 aliphatic carbocycles. The second kappa shape index (κ2) is 11.1. The largest absolute Gasteiger partial charge is 0.459 e. The van der Waals surface area contributed by atoms with Crippen molar-refractivity contribution in [1.82, 2.24) is 4.90 Å². The number of hydrogen-bond acceptors (Lipinski definition) is 7. The first-order chi connectivity index (χ1) is 17.9. The van der Waals surface area contributed by atoms with Crippen LogP contribution in [0.25, 0.3) is 6.08 Å². The highest BCUT2D eigenvalue weighted by Crippen LogP contribution is 2.51. The van der Waals surface area contributed by atoms with Crippen LogP contribution in [0.15, 0.2) is 50.8 Å². The quantitative estimate of drug-likeness (QED) is 0.278. The van der Waals surface area contributed by atoms with E-state index in [-0.39, 0.29) is 36.4 Å². The molecule has 0 aromatic carbocycles. The van der Waals surface area contributed by atoms with E-state index in [1.165, 1.54) is 10.5 Å². The van der Waals surface area contributed by atoms with Crippen LogP contribution in [0.5, 0.6) is 0 Å². The van der Waals surface area contributed by atoms with Gasteiger partial charge in [0.15, 0.2) is 0 Å². The van der Waals surface area contributed by atoms with Crippen LogP contribution in [0.4, 0.5) is 0 Å². The molecule has 2 N–H and O–H groups in total. The Bertz CT molecular complexity index is 1200. The third-order valence-electron chi connectivity index (χ3n) is 7.87. The highest BCUT2D eigenvalue weighted by atomic mass is 32.1. The fourth-order valence-electron chi connectivity index (χ4n) is 6.31. The number of carbonyl (C=O) groups is 2. The van der Waals surface area contributed by atoms with Crippen molar-refractivity contribution in [2.24, 2.45) is 17.8 Å². The minimum Gasteiger partial charge on any atom is -0.459 e. The van der Waals surface area contributed by atoms with E-state index in [4.69, 9.17) is 9.07 Å². The Labute approximate surface area is 222 Å². The topological polar surface area (TPSA) is 100 Å². The van der Waals surface area contributed by atoms with Crippen LogP contribution < -0.4 is 0 Å². The molecule has 3 aliphatic rings. The van der Waals surface area contributed by atoms with E-state index in [1.807, 2.05) is 36.6 Å². The summed E-state index contributed by atoms with van der Waals surface area (Å²) in [7, 11) is -0.962. The summed E-state index contributed by atoms with van der Waals surface area (Å²) in [4.78, 5) is 29.5. The van der Waals surface area contributed by atoms with Crippen molar-refractivity contribution in [3.8, 4) is 0 Å². The molecule has 2 aromatic rings. The van der Waals surface area contributed by atoms with Crippen molar-refractivity contribution in [2.45, 2.75) is 71.5 Å². The van der Waals surface area contributed by atoms with Gasteiger partial charge in [-0.25, -0.2) is 0 Å². The summed E-state index contributed by atoms with van der Waals surface area (Å²) in [6, 6.07) is 7.48. The van der Waals surface area contributed by atoms with Gasteiger partial charge in [-0.1, -0.05) is 30.6 Å². The SMILES string of the molecule is CCCC1=C2[C@@H](CC/C(C)=C/c3ccc(CO)o3)OB(O)C[C@@H]2[C@@H]2C(=O)N(Cc3cccs3)C(=O)[C@@H]2C1. The van der Waals surface area contributed by atoms with Crippen LogP contribution in [-0.4, -0.2) is 40.1 Å². The number of fused-ring (bicyclic) bond motifs is 3. The molecule has 2 aliphatic heterocycles. The fourth-order valence-corrected chi connectivity index (χ4v) is 7.01. The molecule has 2 aromatic heterocycles. The molecule has 0 saturated carbocycles. The standard InChI is InChI=1S/C28H34BNO6S/c1-3-5-18-13-22-26(28(33)30(27(22)32)15-21-6-4-11-37-21)23-14-29(34)36-24(25(18)23)10-7-17(2)12-19-8-9-20(16-31)35-19/h4,6,8-9,11-12,22-24,26,31,34H,3,5,7,10,13-16H2,1-2H3/b17-12+/t22-,23+,24-,26-/m1/s1. The Balaban J connectivity index is 1.38. The Kier molecular flexibility index (Phi) is 7.86. The second-order valence-electron chi connectivity index (χ2n) is 10.4. The first kappa shape index (κ1) is 26.2. The molecular weight excluding hydrogens is 489 g/mol. The van der Waals surface area contributed by atoms with E-state index >= 15 is 0 Å². The number of amides is 2. The lowest BCUT2D eigenvalue weighted by Crippen LogP contribution is -2.46. The third-order valence-corrected chi connectivity index (χ3v) is 8.73. The van der Waals surface area contributed by atoms with Gasteiger partial charge >= 0.3 is 7.12 Å². The molecule has 0 radical (unpaired) electrons. The van der Waals surface area contributed by atoms with E-state index in [0.717, 1.165) is 35.3 Å². The number of furan rings is 1. The van der Waals surface area contributed by atoms with Crippen LogP contribution in [0, 0.1) is 17.8 Å². The van der Waals surface area contributed by atoms with Crippen molar-refractivity contribution in [3.63, 3.8) is 0 Å². The Morgan fingerprint density at radius 2 is 2.08 bits per heavy atom. The van der Waals surface area contributed by atoms with E-state index in [0.29, 0.717) is 37.2 Å². The van der Waals surface area contributed by atoms with Crippen LogP contribution in [0.1, 0.15) is 62.3 Å². The van der Waals surface area contributed by atoms with Gasteiger partial charge in [-0.2, -0.15) is 0 Å². The molecule has 0 unspecified atom stereocenters. The molecule has 2 saturated heterocycles. The van der Waals surface area contributed by atoms with Crippen LogP contribution >= 0.6 is 11.3 Å². The smallest absolute Gasteiger partial charge is 0.455 e. The summed E-state index contributed by atoms with van der Waals surface area (Å²) < 4.78 is 11.7. The van der Waals surface area contributed by atoms with Gasteiger partial charge in [-0.3, -0.25) is 14.5 Å². The Morgan fingerprint density at radius 1 is 1.24 bits per heavy atom. The lowest BCUT2D eigenvalue weighted by Gasteiger charge is -2.43. The number of hydrogen-bond donors (Lipinski definition) is 2. The summed E-state index contributed by atoms with van der Waals surface area (Å²) in [5, 5.41) is 21.9. The lowest BCUT2D eigenvalue weighted by molar-refractivity contribution is -0.140. The maximum Gasteiger partial charge on any atom is 0.455 e. The van der Waals surface area contributed by atoms with E-state index in [2.05, 4.69) is 6.92 Å². The molecule has 0 spiro atoms. The normalized spacial score (nSPS) is 26.2. The molecule has 9 heteroatoms. The maximum atomic E-state index is 13.6. The maximum absolute atomic E-state index is 13.6. The summed E-state index contributed by atoms with van der Waals surface area (Å²) in [6.07, 6.45) is 5.81. The Hall–Kier alpha value is -2.46. The Morgan fingerprint density at radius 3 is 2.78 bits per heavy atom. The molecule has 0 bridgehead atoms. The molecule has 7 nitrogen and oxygen atoms in total. The average molecular weight is 523 g/mol. The molecule has 37 heavy (non-hydrogen) atoms. The van der Waals surface area contributed by atoms with Crippen molar-refractivity contribution in [2.75, 3.05) is 0 Å². The van der Waals surface area contributed by atoms with E-state index in [1.54, 1.807) is 17.4 Å². The summed E-state index contributed by atoms with van der Waals surface area (Å²) in [5.41, 5.74) is 3.46. The third kappa shape index (κ3) is 5.28. The number of aliphatic hydroxyl groups is 1. The summed E-state index contributed by atoms with van der Waals surface area (Å²) in [6.45, 7) is 4.34. The molecule has 2 fully saturated rings. The molecule has 4 heterocycles. The van der Waals surface area contributed by atoms with Gasteiger partial charge in [-0.05, 0) is 80.1 Å². The number of allylic oxidation sites excluding steroid dienone is 2. The number of nitrogens with zero attached hydrogens (tertiary/aromatic N) is 1. The summed E-state index contributed by atoms with van der Waals surface area (Å²) >= 11 is 1.55. The highest BCUT2D eigenvalue weighted by Gasteiger charge is 2.57. The number of likely N-dealkylation sites (tertiary alicyclic amines) is 1. The number of imide groups is 1. The predicted octanol–water partition coefficient (Wildman–Crippen LogP) is 4.81. The van der Waals surface area contributed by atoms with Crippen molar-refractivity contribution in [3.05, 3.63) is 62.8 Å². The van der Waals surface area contributed by atoms with E-state index in [9.17, 15) is 19.7 Å². The fraction of sp³-hybridized carbons (Fsp3) is 0.500. The van der Waals surface area contributed by atoms with Gasteiger partial charge in [0.25, 0.3) is 0 Å². The second-order valence-corrected chi connectivity index (χ2v) is 11.4. The molecule has 4 atom stereocenters. The molecule has 196 valence electrons. The minimum absolute atomic E-state index is 0.0759. The van der Waals surface area contributed by atoms with Gasteiger partial charge < -0.3 is 19.2 Å². The van der Waals surface area contributed by atoms with Gasteiger partial charge in [0, 0.05) is 4.88 Å². The first-order valence-corrected chi connectivity index (χ1v) is 14.1. The number of thiophene rings is 1. The zero-order valence-corrected chi connectivity index (χ0v) is 22.2. The highest BCUT2D eigenvalue weighted by molar-refractivity contribution is 7.09. The lowest BCUT2D eigenvalue weighted by atomic mass is 9.58. The molecular formula is C28H34BNO6S. The number of rotatable bonds is 9.